The first kappa shape index (κ1) is 106. The van der Waals surface area contributed by atoms with Gasteiger partial charge in [0.25, 0.3) is 0 Å². The number of amides is 8. The smallest absolute Gasteiger partial charge is 0.328 e. The first-order chi connectivity index (χ1) is 63.1. The van der Waals surface area contributed by atoms with Gasteiger partial charge in [-0.3, -0.25) is 52.7 Å². The monoisotopic (exact) mass is 1890 g/mol. The van der Waals surface area contributed by atoms with Gasteiger partial charge in [0.1, 0.15) is 64.2 Å². The number of para-hydroxylation sites is 1. The molecule has 0 spiro atoms. The maximum Gasteiger partial charge on any atom is 0.328 e. The van der Waals surface area contributed by atoms with Crippen molar-refractivity contribution in [2.45, 2.75) is 222 Å². The van der Waals surface area contributed by atoms with Crippen LogP contribution in [0.2, 0.25) is 5.02 Å². The quantitative estimate of drug-likeness (QED) is 0.00779. The molecule has 5 heterocycles. The normalized spacial score (nSPS) is 25.0. The van der Waals surface area contributed by atoms with Gasteiger partial charge in [-0.15, -0.1) is 0 Å². The van der Waals surface area contributed by atoms with Gasteiger partial charge in [-0.1, -0.05) is 131 Å². The number of aromatic nitrogens is 1. The first-order valence-electron chi connectivity index (χ1n) is 45.2. The molecule has 3 fully saturated rings. The SMILES string of the molecule is COc1cc2cc(c1Cl)N(C)C(=O)C[C@H](OC(=O)C(C)N(C)C(=O)CCSSCCC(=O)NCCCOCCOCCOCCCNC(=O)CC[C@H]1C(=O)C[C@@H](Cc3ccc(O)cc3)C(=O)N[C@H](Cc3c[nH]c4ccccc34)C(=O)C[C@@H](CCCCN)C(=O)N[C@@H]([C@@H](C)O)C(=O)N[C@@H](Cc3ccccc3)C(=O)N1C)[C@]1(C)O[C@H]1[C@H](C)[C@@H]1C[C@@](O)(CC(=O)O1)[C@H](OC)/C=C/C=C(\C)C2. The number of ether oxygens (including phenoxy) is 8. The number of H-pyrrole nitrogens is 1. The third-order valence-electron chi connectivity index (χ3n) is 24.7. The van der Waals surface area contributed by atoms with Crippen molar-refractivity contribution in [1.29, 1.82) is 0 Å². The highest BCUT2D eigenvalue weighted by Gasteiger charge is 2.65. The Hall–Kier alpha value is -9.79. The molecule has 0 aliphatic carbocycles. The molecule has 132 heavy (non-hydrogen) atoms. The second-order valence-corrected chi connectivity index (χ2v) is 37.7. The predicted molar refractivity (Wildman–Crippen MR) is 500 cm³/mol. The third-order valence-corrected chi connectivity index (χ3v) is 27.4. The van der Waals surface area contributed by atoms with Crippen LogP contribution in [0, 0.1) is 17.8 Å². The Morgan fingerprint density at radius 2 is 1.36 bits per heavy atom. The van der Waals surface area contributed by atoms with E-state index in [0.717, 1.165) is 26.9 Å². The third kappa shape index (κ3) is 31.1. The minimum Gasteiger partial charge on any atom is -0.508 e. The van der Waals surface area contributed by atoms with Gasteiger partial charge in [0.15, 0.2) is 11.6 Å². The molecule has 36 heteroatoms. The van der Waals surface area contributed by atoms with E-state index in [1.807, 2.05) is 37.3 Å². The zero-order valence-electron chi connectivity index (χ0n) is 77.1. The summed E-state index contributed by atoms with van der Waals surface area (Å²) in [5.74, 6) is -8.67. The molecule has 8 amide bonds. The van der Waals surface area contributed by atoms with E-state index in [4.69, 9.17) is 55.2 Å². The molecule has 4 aliphatic rings. The number of phenols is 1. The molecule has 1 aromatic heterocycles. The number of nitrogens with two attached hydrogens (primary N) is 1. The second kappa shape index (κ2) is 52.2. The zero-order chi connectivity index (χ0) is 95.8. The number of aromatic amines is 1. The number of anilines is 1. The number of carbonyl (C=O) groups excluding carboxylic acids is 12. The van der Waals surface area contributed by atoms with E-state index in [9.17, 15) is 58.5 Å². The maximum atomic E-state index is 15.3. The number of hydrogen-bond acceptors (Lipinski definition) is 26. The highest BCUT2D eigenvalue weighted by atomic mass is 35.5. The topological polar surface area (TPSA) is 454 Å². The van der Waals surface area contributed by atoms with Crippen molar-refractivity contribution >= 4 is 121 Å². The highest BCUT2D eigenvalue weighted by molar-refractivity contribution is 8.76. The van der Waals surface area contributed by atoms with Crippen LogP contribution in [0.15, 0.2) is 121 Å². The van der Waals surface area contributed by atoms with Crippen molar-refractivity contribution in [2.75, 3.05) is 111 Å². The fraction of sp³-hybridized carbons (Fsp3) is 0.562. The summed E-state index contributed by atoms with van der Waals surface area (Å²) in [5, 5.41) is 48.6. The molecule has 5 aromatic rings. The Labute approximate surface area is 784 Å². The summed E-state index contributed by atoms with van der Waals surface area (Å²) >= 11 is 6.87. The van der Waals surface area contributed by atoms with Gasteiger partial charge < -0.3 is 105 Å². The Kier molecular flexibility index (Phi) is 41.9. The number of allylic oxidation sites excluding steroid dienone is 3. The molecule has 33 nitrogen and oxygen atoms in total. The number of ketones is 2. The lowest BCUT2D eigenvalue weighted by Gasteiger charge is -2.41. The van der Waals surface area contributed by atoms with Crippen molar-refractivity contribution in [3.63, 3.8) is 0 Å². The van der Waals surface area contributed by atoms with Crippen LogP contribution in [0.4, 0.5) is 5.69 Å². The first-order valence-corrected chi connectivity index (χ1v) is 48.1. The van der Waals surface area contributed by atoms with Crippen molar-refractivity contribution in [3.8, 4) is 11.5 Å². The fourth-order valence-electron chi connectivity index (χ4n) is 16.6. The molecule has 722 valence electrons. The van der Waals surface area contributed by atoms with E-state index in [2.05, 4.69) is 31.6 Å². The molecule has 3 saturated heterocycles. The average molecular weight is 1890 g/mol. The summed E-state index contributed by atoms with van der Waals surface area (Å²) < 4.78 is 46.9. The number of Topliss-reactive ketones (excluding diaryl/α,β-unsaturated/α-hetero) is 2. The van der Waals surface area contributed by atoms with Gasteiger partial charge in [0.2, 0.25) is 47.3 Å². The number of phenolic OH excluding ortho intramolecular Hbond substituents is 1. The number of fused-ring (bicyclic) bond motifs is 6. The number of hydrogen-bond donors (Lipinski definition) is 10. The lowest BCUT2D eigenvalue weighted by molar-refractivity contribution is -0.187. The van der Waals surface area contributed by atoms with Gasteiger partial charge in [0.05, 0.1) is 76.4 Å². The number of unbranched alkanes of at least 4 members (excludes halogenated alkanes) is 1. The van der Waals surface area contributed by atoms with Crippen LogP contribution in [-0.4, -0.2) is 279 Å². The molecule has 9 rings (SSSR count). The van der Waals surface area contributed by atoms with Crippen LogP contribution >= 0.6 is 33.2 Å². The second-order valence-electron chi connectivity index (χ2n) is 34.6. The number of aliphatic hydroxyl groups is 2. The van der Waals surface area contributed by atoms with Crippen molar-refractivity contribution in [1.82, 2.24) is 41.4 Å². The van der Waals surface area contributed by atoms with E-state index in [-0.39, 0.29) is 126 Å². The minimum absolute atomic E-state index is 0.00393. The number of rotatable bonds is 40. The Morgan fingerprint density at radius 1 is 0.735 bits per heavy atom. The number of methoxy groups -OCH3 is 2. The number of nitrogens with zero attached hydrogens (tertiary/aromatic N) is 3. The van der Waals surface area contributed by atoms with Crippen LogP contribution < -0.4 is 42.0 Å². The fourth-order valence-corrected chi connectivity index (χ4v) is 18.9. The van der Waals surface area contributed by atoms with Crippen molar-refractivity contribution in [3.05, 3.63) is 148 Å². The van der Waals surface area contributed by atoms with Crippen LogP contribution in [0.25, 0.3) is 10.9 Å². The highest BCUT2D eigenvalue weighted by Crippen LogP contribution is 2.50. The van der Waals surface area contributed by atoms with E-state index in [1.54, 1.807) is 93.8 Å². The van der Waals surface area contributed by atoms with E-state index in [1.165, 1.54) is 85.7 Å². The van der Waals surface area contributed by atoms with Crippen molar-refractivity contribution in [2.24, 2.45) is 23.5 Å². The molecule has 4 bridgehead atoms. The maximum absolute atomic E-state index is 15.3. The standard InChI is InChI=1S/C96H131ClN10O23S2/c1-59-21-18-27-80(124-10)96(122)56-79(128-86(116)57-96)60(2)89-95(5,130-89)81(55-85(115)106(7)75-50-65(47-59)51-78(123-9)87(75)97)129-94(121)61(3)105(6)84(114)35-46-132-131-45-34-83(113)100-38-20-40-126-42-44-127-43-41-125-39-19-37-99-82(112)33-32-74-77(111)54-67(48-64-28-30-69(109)31-29-64)91(118)102-72(52-68-58-101-71-26-15-14-25-70(68)71)76(110)53-66(24-16-17-36-98)90(117)104-88(62(4)108)92(119)103-73(93(120)107(74)8)49-63-22-12-11-13-23-63/h11-15,18,21-23,25-31,50-51,58,60-62,66-67,72-74,79-81,88-89,101,108-109,122H,16-17,19-20,24,32-49,52-57,98H2,1-10H3,(H,99,112)(H,100,113)(H,102,118)(H,103,119)(H,104,117)/b27-18+,59-21+/t60-,61?,62-,66-,67-,72-,73+,74+,79+,80-,81+,88+,89+,95+,96-/m1/s1. The molecular formula is C96H131ClN10O23S2. The molecule has 1 unspecified atom stereocenters. The number of halogens is 1. The minimum atomic E-state index is -1.64. The molecular weight excluding hydrogens is 1760 g/mol. The molecule has 0 radical (unpaired) electrons. The number of nitrogens with one attached hydrogen (secondary N) is 6. The Balaban J connectivity index is 0.688. The van der Waals surface area contributed by atoms with Gasteiger partial charge >= 0.3 is 11.9 Å². The van der Waals surface area contributed by atoms with Crippen LogP contribution in [0.5, 0.6) is 11.5 Å². The van der Waals surface area contributed by atoms with Crippen LogP contribution in [-0.2, 0) is 116 Å². The number of benzene rings is 4. The summed E-state index contributed by atoms with van der Waals surface area (Å²) in [5.41, 5.74) is 7.61. The molecule has 11 N–H and O–H groups in total. The molecule has 0 saturated carbocycles. The number of epoxide rings is 1. The zero-order valence-corrected chi connectivity index (χ0v) is 79.5. The number of carbonyl (C=O) groups is 12. The largest absolute Gasteiger partial charge is 0.508 e. The average Bonchev–Trinajstić information content (AvgIpc) is 1.57. The van der Waals surface area contributed by atoms with Gasteiger partial charge in [0, 0.05) is 152 Å². The van der Waals surface area contributed by atoms with Crippen molar-refractivity contribution < 1.29 is 111 Å². The molecule has 4 aliphatic heterocycles. The van der Waals surface area contributed by atoms with E-state index in [0.29, 0.717) is 98.0 Å². The summed E-state index contributed by atoms with van der Waals surface area (Å²) in [6.07, 6.45) is 2.42. The molecule has 15 atom stereocenters. The van der Waals surface area contributed by atoms with Crippen LogP contribution in [0.3, 0.4) is 0 Å². The summed E-state index contributed by atoms with van der Waals surface area (Å²) in [6.45, 7) is 10.9. The lowest BCUT2D eigenvalue weighted by atomic mass is 9.78. The number of likely N-dealkylation sites (N-methyl/N-ethyl adjacent to an activating group) is 2. The summed E-state index contributed by atoms with van der Waals surface area (Å²) in [6, 6.07) is 19.1. The number of esters is 2. The number of aromatic hydroxyl groups is 1. The Bertz CT molecular complexity index is 4790. The van der Waals surface area contributed by atoms with Gasteiger partial charge in [-0.05, 0) is 132 Å². The van der Waals surface area contributed by atoms with E-state index < -0.39 is 161 Å². The van der Waals surface area contributed by atoms with E-state index >= 15 is 14.4 Å². The predicted octanol–water partition coefficient (Wildman–Crippen LogP) is 7.64. The lowest BCUT2D eigenvalue weighted by Crippen LogP contribution is -2.59. The summed E-state index contributed by atoms with van der Waals surface area (Å²) in [7, 11) is 10.2. The molecule has 4 aromatic carbocycles. The Morgan fingerprint density at radius 3 is 2.03 bits per heavy atom. The number of aliphatic hydroxyl groups excluding tert-OH is 1. The summed E-state index contributed by atoms with van der Waals surface area (Å²) in [4.78, 5) is 179. The van der Waals surface area contributed by atoms with Gasteiger partial charge in [-0.2, -0.15) is 0 Å². The van der Waals surface area contributed by atoms with Gasteiger partial charge in [-0.25, -0.2) is 4.79 Å². The van der Waals surface area contributed by atoms with Crippen LogP contribution in [0.1, 0.15) is 147 Å².